The average molecular weight is 204 g/mol. The van der Waals surface area contributed by atoms with Gasteiger partial charge in [0.1, 0.15) is 0 Å². The molecule has 0 amide bonds. The molecular weight excluding hydrogens is 184 g/mol. The molecule has 0 spiro atoms. The summed E-state index contributed by atoms with van der Waals surface area (Å²) in [6.07, 6.45) is 2.81. The maximum atomic E-state index is 10.3. The first-order valence-electron chi connectivity index (χ1n) is 5.03. The van der Waals surface area contributed by atoms with E-state index in [2.05, 4.69) is 0 Å². The third-order valence-corrected chi connectivity index (χ3v) is 2.01. The van der Waals surface area contributed by atoms with Crippen LogP contribution in [0.1, 0.15) is 32.6 Å². The molecule has 0 aromatic rings. The van der Waals surface area contributed by atoms with Crippen LogP contribution in [0.15, 0.2) is 0 Å². The second-order valence-electron chi connectivity index (χ2n) is 3.18. The van der Waals surface area contributed by atoms with Crippen molar-refractivity contribution >= 4 is 5.97 Å². The summed E-state index contributed by atoms with van der Waals surface area (Å²) < 4.78 is 10.4. The molecule has 0 rings (SSSR count). The molecule has 14 heavy (non-hydrogen) atoms. The minimum atomic E-state index is -0.739. The number of carbonyl (C=O) groups is 1. The van der Waals surface area contributed by atoms with Gasteiger partial charge >= 0.3 is 5.97 Å². The van der Waals surface area contributed by atoms with E-state index in [1.54, 1.807) is 7.11 Å². The Labute approximate surface area is 85.2 Å². The SMILES string of the molecule is CCC(CCCC(=O)O)OCCOC. The van der Waals surface area contributed by atoms with Gasteiger partial charge in [-0.2, -0.15) is 0 Å². The molecule has 0 aliphatic carbocycles. The standard InChI is InChI=1S/C10H20O4/c1-3-9(14-8-7-13-2)5-4-6-10(11)12/h9H,3-8H2,1-2H3,(H,11,12). The summed E-state index contributed by atoms with van der Waals surface area (Å²) in [7, 11) is 1.63. The molecule has 0 saturated heterocycles. The Morgan fingerprint density at radius 3 is 2.64 bits per heavy atom. The molecule has 0 fully saturated rings. The maximum absolute atomic E-state index is 10.3. The quantitative estimate of drug-likeness (QED) is 0.580. The van der Waals surface area contributed by atoms with Crippen LogP contribution in [0.2, 0.25) is 0 Å². The van der Waals surface area contributed by atoms with Gasteiger partial charge in [-0.05, 0) is 19.3 Å². The van der Waals surface area contributed by atoms with Crippen LogP contribution in [-0.4, -0.2) is 37.5 Å². The molecule has 0 aliphatic rings. The first-order valence-corrected chi connectivity index (χ1v) is 5.03. The van der Waals surface area contributed by atoms with E-state index in [-0.39, 0.29) is 12.5 Å². The molecule has 84 valence electrons. The van der Waals surface area contributed by atoms with Gasteiger partial charge in [0.15, 0.2) is 0 Å². The lowest BCUT2D eigenvalue weighted by molar-refractivity contribution is -0.137. The lowest BCUT2D eigenvalue weighted by Gasteiger charge is -2.15. The summed E-state index contributed by atoms with van der Waals surface area (Å²) in [5.74, 6) is -0.739. The number of hydrogen-bond donors (Lipinski definition) is 1. The largest absolute Gasteiger partial charge is 0.481 e. The molecule has 4 heteroatoms. The number of rotatable bonds is 9. The molecule has 0 aromatic heterocycles. The fraction of sp³-hybridized carbons (Fsp3) is 0.900. The second kappa shape index (κ2) is 8.97. The number of carboxylic acids is 1. The monoisotopic (exact) mass is 204 g/mol. The summed E-state index contributed by atoms with van der Waals surface area (Å²) in [5, 5.41) is 8.45. The number of methoxy groups -OCH3 is 1. The second-order valence-corrected chi connectivity index (χ2v) is 3.18. The first-order chi connectivity index (χ1) is 6.70. The Balaban J connectivity index is 3.42. The molecule has 1 N–H and O–H groups in total. The molecule has 0 heterocycles. The van der Waals surface area contributed by atoms with Gasteiger partial charge in [0.25, 0.3) is 0 Å². The molecular formula is C10H20O4. The Kier molecular flexibility index (Phi) is 8.57. The zero-order chi connectivity index (χ0) is 10.8. The van der Waals surface area contributed by atoms with Gasteiger partial charge in [-0.3, -0.25) is 4.79 Å². The lowest BCUT2D eigenvalue weighted by Crippen LogP contribution is -2.15. The molecule has 0 aromatic carbocycles. The highest BCUT2D eigenvalue weighted by Gasteiger charge is 2.07. The van der Waals surface area contributed by atoms with E-state index in [9.17, 15) is 4.79 Å². The third kappa shape index (κ3) is 8.01. The normalized spacial score (nSPS) is 12.7. The highest BCUT2D eigenvalue weighted by molar-refractivity contribution is 5.66. The minimum Gasteiger partial charge on any atom is -0.481 e. The predicted octanol–water partition coefficient (Wildman–Crippen LogP) is 1.68. The molecule has 0 bridgehead atoms. The zero-order valence-corrected chi connectivity index (χ0v) is 8.99. The van der Waals surface area contributed by atoms with Crippen molar-refractivity contribution in [2.45, 2.75) is 38.7 Å². The van der Waals surface area contributed by atoms with Crippen molar-refractivity contribution in [1.29, 1.82) is 0 Å². The van der Waals surface area contributed by atoms with Crippen molar-refractivity contribution in [3.63, 3.8) is 0 Å². The highest BCUT2D eigenvalue weighted by atomic mass is 16.5. The smallest absolute Gasteiger partial charge is 0.303 e. The zero-order valence-electron chi connectivity index (χ0n) is 8.99. The Bertz CT molecular complexity index is 147. The van der Waals surface area contributed by atoms with Crippen LogP contribution in [0.4, 0.5) is 0 Å². The molecule has 0 saturated carbocycles. The fourth-order valence-electron chi connectivity index (χ4n) is 1.18. The summed E-state index contributed by atoms with van der Waals surface area (Å²) in [6.45, 7) is 3.22. The molecule has 0 aliphatic heterocycles. The van der Waals surface area contributed by atoms with E-state index in [4.69, 9.17) is 14.6 Å². The van der Waals surface area contributed by atoms with E-state index >= 15 is 0 Å². The van der Waals surface area contributed by atoms with Gasteiger partial charge < -0.3 is 14.6 Å². The van der Waals surface area contributed by atoms with E-state index in [0.29, 0.717) is 19.6 Å². The van der Waals surface area contributed by atoms with Gasteiger partial charge in [0.05, 0.1) is 19.3 Å². The van der Waals surface area contributed by atoms with Crippen LogP contribution < -0.4 is 0 Å². The van der Waals surface area contributed by atoms with E-state index < -0.39 is 5.97 Å². The Morgan fingerprint density at radius 2 is 2.14 bits per heavy atom. The third-order valence-electron chi connectivity index (χ3n) is 2.01. The summed E-state index contributed by atoms with van der Waals surface area (Å²) in [5.41, 5.74) is 0. The molecule has 4 nitrogen and oxygen atoms in total. The summed E-state index contributed by atoms with van der Waals surface area (Å²) >= 11 is 0. The van der Waals surface area contributed by atoms with Crippen LogP contribution >= 0.6 is 0 Å². The van der Waals surface area contributed by atoms with Crippen LogP contribution in [0.3, 0.4) is 0 Å². The predicted molar refractivity (Wildman–Crippen MR) is 53.4 cm³/mol. The molecule has 1 unspecified atom stereocenters. The highest BCUT2D eigenvalue weighted by Crippen LogP contribution is 2.08. The topological polar surface area (TPSA) is 55.8 Å². The van der Waals surface area contributed by atoms with E-state index in [0.717, 1.165) is 12.8 Å². The van der Waals surface area contributed by atoms with Crippen molar-refractivity contribution in [3.05, 3.63) is 0 Å². The summed E-state index contributed by atoms with van der Waals surface area (Å²) in [6, 6.07) is 0. The van der Waals surface area contributed by atoms with Crippen LogP contribution in [0, 0.1) is 0 Å². The van der Waals surface area contributed by atoms with Crippen molar-refractivity contribution in [3.8, 4) is 0 Å². The number of carboxylic acid groups (broad SMARTS) is 1. The van der Waals surface area contributed by atoms with Gasteiger partial charge in [-0.25, -0.2) is 0 Å². The van der Waals surface area contributed by atoms with Crippen molar-refractivity contribution < 1.29 is 19.4 Å². The van der Waals surface area contributed by atoms with E-state index in [1.165, 1.54) is 0 Å². The molecule has 1 atom stereocenters. The van der Waals surface area contributed by atoms with Gasteiger partial charge in [0, 0.05) is 13.5 Å². The van der Waals surface area contributed by atoms with Crippen LogP contribution in [-0.2, 0) is 14.3 Å². The van der Waals surface area contributed by atoms with Crippen LogP contribution in [0.25, 0.3) is 0 Å². The Hall–Kier alpha value is -0.610. The Morgan fingerprint density at radius 1 is 1.43 bits per heavy atom. The van der Waals surface area contributed by atoms with Gasteiger partial charge in [-0.15, -0.1) is 0 Å². The van der Waals surface area contributed by atoms with Gasteiger partial charge in [-0.1, -0.05) is 6.92 Å². The summed E-state index contributed by atoms with van der Waals surface area (Å²) in [4.78, 5) is 10.3. The number of hydrogen-bond acceptors (Lipinski definition) is 3. The molecule has 0 radical (unpaired) electrons. The average Bonchev–Trinajstić information content (AvgIpc) is 2.15. The van der Waals surface area contributed by atoms with E-state index in [1.807, 2.05) is 6.92 Å². The van der Waals surface area contributed by atoms with Crippen molar-refractivity contribution in [2.75, 3.05) is 20.3 Å². The fourth-order valence-corrected chi connectivity index (χ4v) is 1.18. The van der Waals surface area contributed by atoms with Crippen molar-refractivity contribution in [1.82, 2.24) is 0 Å². The number of aliphatic carboxylic acids is 1. The van der Waals surface area contributed by atoms with Gasteiger partial charge in [0.2, 0.25) is 0 Å². The first kappa shape index (κ1) is 13.4. The lowest BCUT2D eigenvalue weighted by atomic mass is 10.1. The maximum Gasteiger partial charge on any atom is 0.303 e. The number of ether oxygens (including phenoxy) is 2. The van der Waals surface area contributed by atoms with Crippen molar-refractivity contribution in [2.24, 2.45) is 0 Å². The minimum absolute atomic E-state index is 0.171. The van der Waals surface area contributed by atoms with Crippen LogP contribution in [0.5, 0.6) is 0 Å².